The summed E-state index contributed by atoms with van der Waals surface area (Å²) in [5.74, 6) is -0.0676. The Labute approximate surface area is 213 Å². The van der Waals surface area contributed by atoms with Crippen LogP contribution in [0, 0.1) is 0 Å². The van der Waals surface area contributed by atoms with Crippen molar-refractivity contribution in [2.24, 2.45) is 5.11 Å². The molecular weight excluding hydrogens is 500 g/mol. The van der Waals surface area contributed by atoms with Gasteiger partial charge in [-0.3, -0.25) is 9.36 Å². The molecule has 4 heterocycles. The van der Waals surface area contributed by atoms with E-state index in [0.717, 1.165) is 28.2 Å². The van der Waals surface area contributed by atoms with E-state index < -0.39 is 24.5 Å². The number of nitrogens with two attached hydrogens (primary N) is 1. The maximum atomic E-state index is 12.6. The zero-order chi connectivity index (χ0) is 25.9. The lowest BCUT2D eigenvalue weighted by molar-refractivity contribution is -0.118. The summed E-state index contributed by atoms with van der Waals surface area (Å²) in [6.07, 6.45) is -0.849. The van der Waals surface area contributed by atoms with Crippen LogP contribution in [0.3, 0.4) is 0 Å². The van der Waals surface area contributed by atoms with Crippen molar-refractivity contribution < 1.29 is 19.7 Å². The van der Waals surface area contributed by atoms with Gasteiger partial charge in [0.05, 0.1) is 18.4 Å². The Balaban J connectivity index is 1.29. The number of amides is 1. The van der Waals surface area contributed by atoms with Gasteiger partial charge in [-0.2, -0.15) is 0 Å². The number of aromatic nitrogens is 5. The van der Waals surface area contributed by atoms with Crippen molar-refractivity contribution in [3.05, 3.63) is 52.8 Å². The van der Waals surface area contributed by atoms with Gasteiger partial charge >= 0.3 is 0 Å². The van der Waals surface area contributed by atoms with Crippen LogP contribution in [0.25, 0.3) is 32.5 Å². The standard InChI is InChI=1S/C22H24N10O4S/c23-19-16-20(28-10-27-19)32(21-18(35)17(34)14(36-21)8-29-31-24)22(30-16)37-9-15(33)25-6-5-11-7-26-13-4-2-1-3-12(11)13/h1-4,7,10,14,17-18,21,26,34-35H,5-6,8-9H2,(H,25,33)(H2,23,27,28)/t14-,17-,18-,21-/m1/s1. The number of nitrogen functional groups attached to an aromatic ring is 1. The number of ether oxygens (including phenoxy) is 1. The van der Waals surface area contributed by atoms with E-state index in [1.807, 2.05) is 30.5 Å². The van der Waals surface area contributed by atoms with Crippen LogP contribution in [-0.4, -0.2) is 77.8 Å². The number of hydrogen-bond acceptors (Lipinski definition) is 10. The largest absolute Gasteiger partial charge is 0.388 e. The summed E-state index contributed by atoms with van der Waals surface area (Å²) in [7, 11) is 0. The molecule has 192 valence electrons. The van der Waals surface area contributed by atoms with Gasteiger partial charge in [-0.1, -0.05) is 35.1 Å². The van der Waals surface area contributed by atoms with Crippen molar-refractivity contribution in [1.29, 1.82) is 0 Å². The lowest BCUT2D eigenvalue weighted by atomic mass is 10.1. The second-order valence-corrected chi connectivity index (χ2v) is 9.35. The van der Waals surface area contributed by atoms with Gasteiger partial charge in [-0.25, -0.2) is 15.0 Å². The van der Waals surface area contributed by atoms with E-state index >= 15 is 0 Å². The fourth-order valence-electron chi connectivity index (χ4n) is 4.30. The highest BCUT2D eigenvalue weighted by molar-refractivity contribution is 7.99. The summed E-state index contributed by atoms with van der Waals surface area (Å²) < 4.78 is 7.28. The number of aromatic amines is 1. The number of anilines is 1. The van der Waals surface area contributed by atoms with Crippen molar-refractivity contribution in [3.8, 4) is 0 Å². The molecule has 4 atom stereocenters. The number of hydrogen-bond donors (Lipinski definition) is 5. The number of nitrogens with zero attached hydrogens (tertiary/aromatic N) is 7. The second kappa shape index (κ2) is 10.6. The molecule has 15 heteroatoms. The molecule has 3 aromatic heterocycles. The van der Waals surface area contributed by atoms with Crippen LogP contribution in [0.15, 0.2) is 47.1 Å². The first-order valence-corrected chi connectivity index (χ1v) is 12.4. The first-order chi connectivity index (χ1) is 18.0. The first kappa shape index (κ1) is 24.8. The maximum Gasteiger partial charge on any atom is 0.230 e. The number of benzene rings is 1. The molecule has 0 saturated carbocycles. The summed E-state index contributed by atoms with van der Waals surface area (Å²) in [4.78, 5) is 31.2. The minimum atomic E-state index is -1.36. The van der Waals surface area contributed by atoms with Crippen LogP contribution in [-0.2, 0) is 16.0 Å². The third-order valence-electron chi connectivity index (χ3n) is 6.11. The Morgan fingerprint density at radius 2 is 2.16 bits per heavy atom. The van der Waals surface area contributed by atoms with Gasteiger partial charge in [0.15, 0.2) is 28.4 Å². The molecule has 1 saturated heterocycles. The number of para-hydroxylation sites is 1. The molecule has 4 aromatic rings. The van der Waals surface area contributed by atoms with Crippen LogP contribution in [0.5, 0.6) is 0 Å². The van der Waals surface area contributed by atoms with Crippen molar-refractivity contribution in [3.63, 3.8) is 0 Å². The van der Waals surface area contributed by atoms with Gasteiger partial charge in [0, 0.05) is 28.6 Å². The zero-order valence-corrected chi connectivity index (χ0v) is 20.2. The fourth-order valence-corrected chi connectivity index (χ4v) is 5.15. The molecule has 6 N–H and O–H groups in total. The predicted molar refractivity (Wildman–Crippen MR) is 135 cm³/mol. The molecule has 1 aromatic carbocycles. The first-order valence-electron chi connectivity index (χ1n) is 11.4. The molecule has 0 bridgehead atoms. The van der Waals surface area contributed by atoms with Crippen molar-refractivity contribution >= 4 is 45.6 Å². The number of carbonyl (C=O) groups is 1. The molecule has 1 amide bonds. The lowest BCUT2D eigenvalue weighted by Gasteiger charge is -2.19. The molecule has 1 aliphatic rings. The zero-order valence-electron chi connectivity index (χ0n) is 19.4. The summed E-state index contributed by atoms with van der Waals surface area (Å²) in [5, 5.41) is 28.9. The van der Waals surface area contributed by atoms with E-state index in [-0.39, 0.29) is 35.2 Å². The second-order valence-electron chi connectivity index (χ2n) is 8.40. The number of H-pyrrole nitrogens is 1. The van der Waals surface area contributed by atoms with Gasteiger partial charge in [-0.15, -0.1) is 0 Å². The van der Waals surface area contributed by atoms with Crippen LogP contribution in [0.1, 0.15) is 11.8 Å². The number of azide groups is 1. The molecule has 0 spiro atoms. The van der Waals surface area contributed by atoms with Gasteiger partial charge in [0.1, 0.15) is 18.5 Å². The number of fused-ring (bicyclic) bond motifs is 2. The highest BCUT2D eigenvalue weighted by Crippen LogP contribution is 2.36. The predicted octanol–water partition coefficient (Wildman–Crippen LogP) is 1.27. The van der Waals surface area contributed by atoms with Crippen molar-refractivity contribution in [2.45, 2.75) is 36.1 Å². The van der Waals surface area contributed by atoms with E-state index in [0.29, 0.717) is 18.1 Å². The number of aliphatic hydroxyl groups excluding tert-OH is 2. The fraction of sp³-hybridized carbons (Fsp3) is 0.364. The van der Waals surface area contributed by atoms with Gasteiger partial charge in [-0.05, 0) is 23.6 Å². The average Bonchev–Trinajstić information content (AvgIpc) is 3.56. The molecule has 37 heavy (non-hydrogen) atoms. The van der Waals surface area contributed by atoms with Crippen LogP contribution >= 0.6 is 11.8 Å². The number of aliphatic hydroxyl groups is 2. The number of thioether (sulfide) groups is 1. The number of rotatable bonds is 9. The molecular formula is C22H24N10O4S. The Morgan fingerprint density at radius 3 is 3.00 bits per heavy atom. The highest BCUT2D eigenvalue weighted by atomic mass is 32.2. The molecule has 0 unspecified atom stereocenters. The minimum absolute atomic E-state index is 0.0259. The summed E-state index contributed by atoms with van der Waals surface area (Å²) in [6, 6.07) is 7.97. The topological polar surface area (TPSA) is 213 Å². The summed E-state index contributed by atoms with van der Waals surface area (Å²) in [6.45, 7) is 0.282. The van der Waals surface area contributed by atoms with E-state index in [1.54, 1.807) is 0 Å². The quantitative estimate of drug-likeness (QED) is 0.0921. The Hall–Kier alpha value is -3.88. The number of nitrogens with one attached hydrogen (secondary N) is 2. The van der Waals surface area contributed by atoms with Crippen LogP contribution in [0.4, 0.5) is 5.82 Å². The minimum Gasteiger partial charge on any atom is -0.388 e. The molecule has 14 nitrogen and oxygen atoms in total. The monoisotopic (exact) mass is 524 g/mol. The highest BCUT2D eigenvalue weighted by Gasteiger charge is 2.45. The normalized spacial score (nSPS) is 21.4. The van der Waals surface area contributed by atoms with E-state index in [1.165, 1.54) is 10.9 Å². The van der Waals surface area contributed by atoms with E-state index in [9.17, 15) is 15.0 Å². The SMILES string of the molecule is [N-]=[N+]=NC[C@H]1O[C@@H](n2c(SCC(=O)NCCc3c[nH]c4ccccc34)nc3c(N)ncnc32)[C@H](O)[C@@H]1O. The summed E-state index contributed by atoms with van der Waals surface area (Å²) in [5.41, 5.74) is 17.3. The lowest BCUT2D eigenvalue weighted by Crippen LogP contribution is -2.33. The van der Waals surface area contributed by atoms with E-state index in [2.05, 4.69) is 35.3 Å². The average molecular weight is 525 g/mol. The van der Waals surface area contributed by atoms with Crippen molar-refractivity contribution in [1.82, 2.24) is 29.8 Å². The molecule has 1 fully saturated rings. The molecule has 0 radical (unpaired) electrons. The Morgan fingerprint density at radius 1 is 1.32 bits per heavy atom. The van der Waals surface area contributed by atoms with Gasteiger partial charge in [0.2, 0.25) is 5.91 Å². The Kier molecular flexibility index (Phi) is 7.12. The molecule has 0 aliphatic carbocycles. The van der Waals surface area contributed by atoms with E-state index in [4.69, 9.17) is 16.0 Å². The number of imidazole rings is 1. The van der Waals surface area contributed by atoms with Crippen molar-refractivity contribution in [2.75, 3.05) is 24.6 Å². The summed E-state index contributed by atoms with van der Waals surface area (Å²) >= 11 is 1.10. The van der Waals surface area contributed by atoms with Gasteiger partial charge in [0.25, 0.3) is 0 Å². The maximum absolute atomic E-state index is 12.6. The number of carbonyl (C=O) groups excluding carboxylic acids is 1. The van der Waals surface area contributed by atoms with Crippen LogP contribution in [0.2, 0.25) is 0 Å². The third kappa shape index (κ3) is 4.90. The van der Waals surface area contributed by atoms with Gasteiger partial charge < -0.3 is 31.0 Å². The smallest absolute Gasteiger partial charge is 0.230 e. The third-order valence-corrected chi connectivity index (χ3v) is 7.07. The Bertz CT molecular complexity index is 1480. The molecule has 5 rings (SSSR count). The van der Waals surface area contributed by atoms with Crippen LogP contribution < -0.4 is 11.1 Å². The molecule has 1 aliphatic heterocycles.